The van der Waals surface area contributed by atoms with Crippen molar-refractivity contribution in [1.82, 2.24) is 20.3 Å². The largest absolute Gasteiger partial charge is 0.339 e. The predicted octanol–water partition coefficient (Wildman–Crippen LogP) is 0.981. The van der Waals surface area contributed by atoms with Crippen LogP contribution in [-0.4, -0.2) is 26.2 Å². The number of hydrogen-bond donors (Lipinski definition) is 2. The summed E-state index contributed by atoms with van der Waals surface area (Å²) < 4.78 is 4.91. The molecule has 2 aromatic rings. The van der Waals surface area contributed by atoms with Gasteiger partial charge >= 0.3 is 0 Å². The van der Waals surface area contributed by atoms with Gasteiger partial charge in [-0.25, -0.2) is 0 Å². The number of anilines is 1. The van der Waals surface area contributed by atoms with E-state index < -0.39 is 0 Å². The lowest BCUT2D eigenvalue weighted by Crippen LogP contribution is -2.13. The minimum atomic E-state index is -0.117. The van der Waals surface area contributed by atoms with Gasteiger partial charge in [0.15, 0.2) is 5.82 Å². The molecule has 17 heavy (non-hydrogen) atoms. The number of aromatic amines is 1. The van der Waals surface area contributed by atoms with Crippen LogP contribution in [0.1, 0.15) is 23.7 Å². The fourth-order valence-corrected chi connectivity index (χ4v) is 1.34. The van der Waals surface area contributed by atoms with Gasteiger partial charge in [0.05, 0.1) is 6.20 Å². The molecule has 2 heterocycles. The van der Waals surface area contributed by atoms with Crippen molar-refractivity contribution in [1.29, 1.82) is 0 Å². The van der Waals surface area contributed by atoms with Gasteiger partial charge < -0.3 is 9.84 Å². The third-order valence-corrected chi connectivity index (χ3v) is 2.23. The number of aromatic nitrogens is 4. The summed E-state index contributed by atoms with van der Waals surface area (Å²) in [6.45, 7) is 3.60. The van der Waals surface area contributed by atoms with Gasteiger partial charge in [-0.1, -0.05) is 5.16 Å². The number of nitrogens with one attached hydrogen (secondary N) is 2. The van der Waals surface area contributed by atoms with E-state index in [4.69, 9.17) is 4.52 Å². The second-order valence-corrected chi connectivity index (χ2v) is 3.71. The van der Waals surface area contributed by atoms with Gasteiger partial charge in [-0.2, -0.15) is 10.1 Å². The Hall–Kier alpha value is -2.18. The lowest BCUT2D eigenvalue weighted by molar-refractivity contribution is -0.116. The van der Waals surface area contributed by atoms with E-state index in [2.05, 4.69) is 25.7 Å². The second kappa shape index (κ2) is 4.77. The van der Waals surface area contributed by atoms with E-state index in [-0.39, 0.29) is 5.91 Å². The molecule has 2 N–H and O–H groups in total. The zero-order valence-electron chi connectivity index (χ0n) is 9.65. The van der Waals surface area contributed by atoms with Crippen LogP contribution < -0.4 is 5.32 Å². The highest BCUT2D eigenvalue weighted by Gasteiger charge is 2.09. The Labute approximate surface area is 97.6 Å². The molecular weight excluding hydrogens is 222 g/mol. The number of hydrogen-bond acceptors (Lipinski definition) is 5. The highest BCUT2D eigenvalue weighted by molar-refractivity contribution is 5.90. The maximum atomic E-state index is 11.6. The Kier molecular flexibility index (Phi) is 3.17. The quantitative estimate of drug-likeness (QED) is 0.823. The van der Waals surface area contributed by atoms with Gasteiger partial charge in [0.2, 0.25) is 11.8 Å². The molecule has 2 rings (SSSR count). The van der Waals surface area contributed by atoms with Gasteiger partial charge in [-0.05, 0) is 13.8 Å². The van der Waals surface area contributed by atoms with E-state index in [1.54, 1.807) is 13.1 Å². The molecule has 2 aromatic heterocycles. The number of amides is 1. The van der Waals surface area contributed by atoms with Crippen LogP contribution in [0.3, 0.4) is 0 Å². The van der Waals surface area contributed by atoms with Gasteiger partial charge in [-0.15, -0.1) is 0 Å². The monoisotopic (exact) mass is 235 g/mol. The summed E-state index contributed by atoms with van der Waals surface area (Å²) in [5.41, 5.74) is 0.895. The molecule has 0 unspecified atom stereocenters. The average molecular weight is 235 g/mol. The molecule has 0 fully saturated rings. The number of aryl methyl sites for hydroxylation is 3. The fraction of sp³-hybridized carbons (Fsp3) is 0.400. The molecular formula is C10H13N5O2. The van der Waals surface area contributed by atoms with Gasteiger partial charge in [0.25, 0.3) is 0 Å². The number of H-pyrrole nitrogens is 1. The molecule has 7 heteroatoms. The molecule has 0 saturated carbocycles. The summed E-state index contributed by atoms with van der Waals surface area (Å²) in [7, 11) is 0. The van der Waals surface area contributed by atoms with Crippen molar-refractivity contribution in [3.8, 4) is 0 Å². The lowest BCUT2D eigenvalue weighted by Gasteiger charge is -2.01. The molecule has 0 saturated heterocycles. The molecule has 0 atom stereocenters. The summed E-state index contributed by atoms with van der Waals surface area (Å²) in [4.78, 5) is 15.6. The van der Waals surface area contributed by atoms with E-state index >= 15 is 0 Å². The van der Waals surface area contributed by atoms with Gasteiger partial charge in [0, 0.05) is 18.4 Å². The summed E-state index contributed by atoms with van der Waals surface area (Å²) >= 11 is 0. The minimum Gasteiger partial charge on any atom is -0.339 e. The molecule has 0 bridgehead atoms. The van der Waals surface area contributed by atoms with Crippen molar-refractivity contribution in [3.63, 3.8) is 0 Å². The standard InChI is InChI=1S/C10H13N5O2/c1-6-5-11-14-10(6)13-8(16)3-4-9-12-7(2)15-17-9/h5H,3-4H2,1-2H3,(H2,11,13,14,16). The molecule has 0 aromatic carbocycles. The Morgan fingerprint density at radius 2 is 2.35 bits per heavy atom. The molecule has 1 amide bonds. The van der Waals surface area contributed by atoms with Crippen LogP contribution in [-0.2, 0) is 11.2 Å². The van der Waals surface area contributed by atoms with E-state index in [9.17, 15) is 4.79 Å². The average Bonchev–Trinajstić information content (AvgIpc) is 2.86. The van der Waals surface area contributed by atoms with Gasteiger partial charge in [0.1, 0.15) is 5.82 Å². The Morgan fingerprint density at radius 1 is 1.53 bits per heavy atom. The Morgan fingerprint density at radius 3 is 2.94 bits per heavy atom. The Balaban J connectivity index is 1.84. The third kappa shape index (κ3) is 2.90. The molecule has 0 aliphatic carbocycles. The van der Waals surface area contributed by atoms with Crippen molar-refractivity contribution < 1.29 is 9.32 Å². The van der Waals surface area contributed by atoms with E-state index in [1.807, 2.05) is 6.92 Å². The first-order valence-electron chi connectivity index (χ1n) is 5.24. The third-order valence-electron chi connectivity index (χ3n) is 2.23. The predicted molar refractivity (Wildman–Crippen MR) is 59.3 cm³/mol. The summed E-state index contributed by atoms with van der Waals surface area (Å²) in [6, 6.07) is 0. The van der Waals surface area contributed by atoms with Crippen molar-refractivity contribution >= 4 is 11.7 Å². The number of rotatable bonds is 4. The molecule has 0 aliphatic heterocycles. The normalized spacial score (nSPS) is 10.5. The summed E-state index contributed by atoms with van der Waals surface area (Å²) in [5, 5.41) is 12.9. The highest BCUT2D eigenvalue weighted by Crippen LogP contribution is 2.09. The number of carbonyl (C=O) groups is 1. The summed E-state index contributed by atoms with van der Waals surface area (Å²) in [6.07, 6.45) is 2.37. The lowest BCUT2D eigenvalue weighted by atomic mass is 10.3. The maximum Gasteiger partial charge on any atom is 0.227 e. The second-order valence-electron chi connectivity index (χ2n) is 3.71. The van der Waals surface area contributed by atoms with Crippen molar-refractivity contribution in [3.05, 3.63) is 23.5 Å². The first-order valence-corrected chi connectivity index (χ1v) is 5.24. The fourth-order valence-electron chi connectivity index (χ4n) is 1.34. The van der Waals surface area contributed by atoms with Crippen LogP contribution in [0.4, 0.5) is 5.82 Å². The van der Waals surface area contributed by atoms with E-state index in [1.165, 1.54) is 0 Å². The van der Waals surface area contributed by atoms with Crippen molar-refractivity contribution in [2.45, 2.75) is 26.7 Å². The van der Waals surface area contributed by atoms with Crippen LogP contribution in [0.5, 0.6) is 0 Å². The van der Waals surface area contributed by atoms with Crippen LogP contribution in [0, 0.1) is 13.8 Å². The van der Waals surface area contributed by atoms with Crippen molar-refractivity contribution in [2.75, 3.05) is 5.32 Å². The molecule has 7 nitrogen and oxygen atoms in total. The topological polar surface area (TPSA) is 96.7 Å². The van der Waals surface area contributed by atoms with Crippen molar-refractivity contribution in [2.24, 2.45) is 0 Å². The van der Waals surface area contributed by atoms with E-state index in [0.717, 1.165) is 5.56 Å². The van der Waals surface area contributed by atoms with Crippen LogP contribution in [0.25, 0.3) is 0 Å². The summed E-state index contributed by atoms with van der Waals surface area (Å²) in [5.74, 6) is 1.55. The van der Waals surface area contributed by atoms with Crippen LogP contribution in [0.2, 0.25) is 0 Å². The number of carbonyl (C=O) groups excluding carboxylic acids is 1. The highest BCUT2D eigenvalue weighted by atomic mass is 16.5. The van der Waals surface area contributed by atoms with Crippen LogP contribution >= 0.6 is 0 Å². The molecule has 0 spiro atoms. The zero-order chi connectivity index (χ0) is 12.3. The van der Waals surface area contributed by atoms with Gasteiger partial charge in [-0.3, -0.25) is 9.89 Å². The SMILES string of the molecule is Cc1noc(CCC(=O)Nc2[nH]ncc2C)n1. The smallest absolute Gasteiger partial charge is 0.227 e. The maximum absolute atomic E-state index is 11.6. The first kappa shape index (κ1) is 11.3. The van der Waals surface area contributed by atoms with Crippen LogP contribution in [0.15, 0.2) is 10.7 Å². The Bertz CT molecular complexity index is 516. The molecule has 0 radical (unpaired) electrons. The zero-order valence-corrected chi connectivity index (χ0v) is 9.65. The molecule has 0 aliphatic rings. The minimum absolute atomic E-state index is 0.117. The number of nitrogens with zero attached hydrogens (tertiary/aromatic N) is 3. The van der Waals surface area contributed by atoms with E-state index in [0.29, 0.717) is 30.4 Å². The first-order chi connectivity index (χ1) is 8.15. The molecule has 90 valence electrons.